The average Bonchev–Trinajstić information content (AvgIpc) is 3.11. The number of ether oxygens (including phenoxy) is 1. The second-order valence-electron chi connectivity index (χ2n) is 8.20. The van der Waals surface area contributed by atoms with Crippen LogP contribution in [0.15, 0.2) is 83.7 Å². The number of para-hydroxylation sites is 1. The van der Waals surface area contributed by atoms with Crippen LogP contribution in [0.25, 0.3) is 5.69 Å². The topological polar surface area (TPSA) is 137 Å². The molecule has 4 rings (SSSR count). The van der Waals surface area contributed by atoms with E-state index in [1.165, 1.54) is 16.8 Å². The van der Waals surface area contributed by atoms with Gasteiger partial charge in [0.25, 0.3) is 17.4 Å². The van der Waals surface area contributed by atoms with Crippen molar-refractivity contribution in [2.45, 2.75) is 6.92 Å². The molecule has 0 aliphatic carbocycles. The highest BCUT2D eigenvalue weighted by atomic mass is 16.5. The van der Waals surface area contributed by atoms with Gasteiger partial charge in [-0.3, -0.25) is 23.9 Å². The van der Waals surface area contributed by atoms with Crippen molar-refractivity contribution in [2.75, 3.05) is 17.2 Å². The van der Waals surface area contributed by atoms with Crippen molar-refractivity contribution in [3.05, 3.63) is 106 Å². The van der Waals surface area contributed by atoms with Gasteiger partial charge in [-0.1, -0.05) is 30.3 Å². The molecule has 4 aromatic rings. The van der Waals surface area contributed by atoms with Crippen LogP contribution in [0.5, 0.6) is 5.75 Å². The van der Waals surface area contributed by atoms with Gasteiger partial charge in [-0.15, -0.1) is 0 Å². The first-order chi connectivity index (χ1) is 17.7. The van der Waals surface area contributed by atoms with Gasteiger partial charge in [0.15, 0.2) is 6.61 Å². The average molecular weight is 500 g/mol. The summed E-state index contributed by atoms with van der Waals surface area (Å²) < 4.78 is 8.57. The fourth-order valence-electron chi connectivity index (χ4n) is 3.72. The van der Waals surface area contributed by atoms with Crippen molar-refractivity contribution < 1.29 is 19.1 Å². The van der Waals surface area contributed by atoms with E-state index in [0.717, 1.165) is 0 Å². The van der Waals surface area contributed by atoms with Gasteiger partial charge in [0.05, 0.1) is 11.4 Å². The first-order valence-corrected chi connectivity index (χ1v) is 11.3. The minimum atomic E-state index is -0.602. The molecule has 0 atom stereocenters. The number of hydrogen-bond acceptors (Lipinski definition) is 5. The molecule has 0 unspecified atom stereocenters. The molecule has 4 N–H and O–H groups in total. The number of carbonyl (C=O) groups is 3. The molecule has 37 heavy (non-hydrogen) atoms. The number of amides is 3. The Kier molecular flexibility index (Phi) is 7.19. The third-order valence-electron chi connectivity index (χ3n) is 5.69. The Balaban J connectivity index is 1.44. The SMILES string of the molecule is Cc1c(NC(=O)c2cccc(NC(=O)COc3cccc(C(N)=O)c3)c2)c(=O)n(-c2ccccc2)n1C. The number of carbonyl (C=O) groups excluding carboxylic acids is 3. The van der Waals surface area contributed by atoms with E-state index in [1.807, 2.05) is 18.2 Å². The molecule has 0 radical (unpaired) electrons. The van der Waals surface area contributed by atoms with Crippen LogP contribution < -0.4 is 26.7 Å². The number of primary amides is 1. The molecule has 0 saturated carbocycles. The van der Waals surface area contributed by atoms with E-state index in [2.05, 4.69) is 10.6 Å². The molecule has 188 valence electrons. The van der Waals surface area contributed by atoms with Gasteiger partial charge in [-0.2, -0.15) is 0 Å². The lowest BCUT2D eigenvalue weighted by Crippen LogP contribution is -2.23. The maximum atomic E-state index is 13.1. The summed E-state index contributed by atoms with van der Waals surface area (Å²) in [5.41, 5.74) is 7.21. The molecule has 0 fully saturated rings. The number of rotatable bonds is 8. The predicted octanol–water partition coefficient (Wildman–Crippen LogP) is 2.85. The number of nitrogens with one attached hydrogen (secondary N) is 2. The molecule has 0 saturated heterocycles. The number of anilines is 2. The lowest BCUT2D eigenvalue weighted by Gasteiger charge is -2.09. The monoisotopic (exact) mass is 499 g/mol. The molecule has 0 aliphatic rings. The van der Waals surface area contributed by atoms with Crippen LogP contribution >= 0.6 is 0 Å². The maximum Gasteiger partial charge on any atom is 0.295 e. The van der Waals surface area contributed by atoms with Gasteiger partial charge in [0.1, 0.15) is 11.4 Å². The van der Waals surface area contributed by atoms with Crippen molar-refractivity contribution in [1.82, 2.24) is 9.36 Å². The zero-order valence-corrected chi connectivity index (χ0v) is 20.2. The third kappa shape index (κ3) is 5.59. The molecule has 1 heterocycles. The van der Waals surface area contributed by atoms with E-state index in [-0.39, 0.29) is 29.0 Å². The van der Waals surface area contributed by atoms with Crippen LogP contribution in [0.4, 0.5) is 11.4 Å². The van der Waals surface area contributed by atoms with E-state index in [0.29, 0.717) is 22.8 Å². The Morgan fingerprint density at radius 1 is 0.892 bits per heavy atom. The smallest absolute Gasteiger partial charge is 0.295 e. The number of hydrogen-bond donors (Lipinski definition) is 3. The van der Waals surface area contributed by atoms with Crippen LogP contribution in [0.2, 0.25) is 0 Å². The van der Waals surface area contributed by atoms with Crippen LogP contribution in [0.1, 0.15) is 26.4 Å². The second kappa shape index (κ2) is 10.6. The number of nitrogens with two attached hydrogens (primary N) is 1. The molecule has 3 aromatic carbocycles. The summed E-state index contributed by atoms with van der Waals surface area (Å²) in [7, 11) is 1.74. The van der Waals surface area contributed by atoms with E-state index in [4.69, 9.17) is 10.5 Å². The van der Waals surface area contributed by atoms with Crippen molar-refractivity contribution in [3.8, 4) is 11.4 Å². The van der Waals surface area contributed by atoms with Crippen LogP contribution in [-0.2, 0) is 11.8 Å². The Bertz CT molecular complexity index is 1540. The Morgan fingerprint density at radius 3 is 2.32 bits per heavy atom. The Labute approximate surface area is 212 Å². The van der Waals surface area contributed by atoms with Crippen molar-refractivity contribution in [3.63, 3.8) is 0 Å². The van der Waals surface area contributed by atoms with Gasteiger partial charge < -0.3 is 21.1 Å². The molecular weight excluding hydrogens is 474 g/mol. The summed E-state index contributed by atoms with van der Waals surface area (Å²) in [6.45, 7) is 1.42. The van der Waals surface area contributed by atoms with Gasteiger partial charge in [-0.05, 0) is 55.5 Å². The number of benzene rings is 3. The fourth-order valence-corrected chi connectivity index (χ4v) is 3.72. The first-order valence-electron chi connectivity index (χ1n) is 11.3. The summed E-state index contributed by atoms with van der Waals surface area (Å²) in [6, 6.07) is 21.6. The zero-order valence-electron chi connectivity index (χ0n) is 20.2. The van der Waals surface area contributed by atoms with Crippen molar-refractivity contribution in [2.24, 2.45) is 12.8 Å². The largest absolute Gasteiger partial charge is 0.484 e. The van der Waals surface area contributed by atoms with E-state index in [1.54, 1.807) is 67.2 Å². The number of nitrogens with zero attached hydrogens (tertiary/aromatic N) is 2. The Morgan fingerprint density at radius 2 is 1.59 bits per heavy atom. The molecule has 0 spiro atoms. The molecular formula is C27H25N5O5. The van der Waals surface area contributed by atoms with Gasteiger partial charge in [-0.25, -0.2) is 4.68 Å². The van der Waals surface area contributed by atoms with E-state index < -0.39 is 17.7 Å². The highest BCUT2D eigenvalue weighted by Gasteiger charge is 2.19. The van der Waals surface area contributed by atoms with Crippen LogP contribution in [-0.4, -0.2) is 33.7 Å². The molecule has 0 aliphatic heterocycles. The summed E-state index contributed by atoms with van der Waals surface area (Å²) in [5.74, 6) is -1.25. The fraction of sp³-hybridized carbons (Fsp3) is 0.111. The predicted molar refractivity (Wildman–Crippen MR) is 139 cm³/mol. The maximum absolute atomic E-state index is 13.1. The number of aromatic nitrogens is 2. The van der Waals surface area contributed by atoms with E-state index in [9.17, 15) is 19.2 Å². The van der Waals surface area contributed by atoms with Gasteiger partial charge in [0, 0.05) is 23.9 Å². The summed E-state index contributed by atoms with van der Waals surface area (Å²) in [6.07, 6.45) is 0. The van der Waals surface area contributed by atoms with Crippen LogP contribution in [0, 0.1) is 6.92 Å². The highest BCUT2D eigenvalue weighted by Crippen LogP contribution is 2.17. The summed E-state index contributed by atoms with van der Waals surface area (Å²) >= 11 is 0. The highest BCUT2D eigenvalue weighted by molar-refractivity contribution is 6.05. The van der Waals surface area contributed by atoms with Crippen molar-refractivity contribution >= 4 is 29.1 Å². The second-order valence-corrected chi connectivity index (χ2v) is 8.20. The standard InChI is InChI=1S/C27H25N5O5/c1-17-24(27(36)32(31(17)2)21-11-4-3-5-12-21)30-26(35)19-9-6-10-20(14-19)29-23(33)16-37-22-13-7-8-18(15-22)25(28)34/h3-15H,16H2,1-2H3,(H2,28,34)(H,29,33)(H,30,35). The van der Waals surface area contributed by atoms with Gasteiger partial charge in [0.2, 0.25) is 5.91 Å². The van der Waals surface area contributed by atoms with E-state index >= 15 is 0 Å². The van der Waals surface area contributed by atoms with Gasteiger partial charge >= 0.3 is 0 Å². The van der Waals surface area contributed by atoms with Crippen LogP contribution in [0.3, 0.4) is 0 Å². The summed E-state index contributed by atoms with van der Waals surface area (Å²) in [4.78, 5) is 49.7. The molecule has 1 aromatic heterocycles. The quantitative estimate of drug-likeness (QED) is 0.342. The minimum absolute atomic E-state index is 0.164. The normalized spacial score (nSPS) is 10.5. The molecule has 10 nitrogen and oxygen atoms in total. The molecule has 0 bridgehead atoms. The zero-order chi connectivity index (χ0) is 26.5. The third-order valence-corrected chi connectivity index (χ3v) is 5.69. The summed E-state index contributed by atoms with van der Waals surface area (Å²) in [5, 5.41) is 5.36. The first kappa shape index (κ1) is 25.0. The van der Waals surface area contributed by atoms with Crippen molar-refractivity contribution in [1.29, 1.82) is 0 Å². The lowest BCUT2D eigenvalue weighted by atomic mass is 10.2. The Hall–Kier alpha value is -5.12. The lowest BCUT2D eigenvalue weighted by molar-refractivity contribution is -0.118. The molecule has 10 heteroatoms. The minimum Gasteiger partial charge on any atom is -0.484 e. The molecule has 3 amide bonds.